The van der Waals surface area contributed by atoms with Crippen molar-refractivity contribution in [1.29, 1.82) is 5.26 Å². The Labute approximate surface area is 117 Å². The largest absolute Gasteiger partial charge is 0.484 e. The maximum absolute atomic E-state index is 11.7. The van der Waals surface area contributed by atoms with E-state index < -0.39 is 5.60 Å². The van der Waals surface area contributed by atoms with Crippen LogP contribution in [0.4, 0.5) is 4.79 Å². The maximum atomic E-state index is 11.7. The number of carbonyl (C=O) groups is 1. The second-order valence-electron chi connectivity index (χ2n) is 5.61. The predicted molar refractivity (Wildman–Crippen MR) is 71.2 cm³/mol. The van der Waals surface area contributed by atoms with Crippen molar-refractivity contribution in [3.05, 3.63) is 24.0 Å². The van der Waals surface area contributed by atoms with E-state index in [-0.39, 0.29) is 12.2 Å². The summed E-state index contributed by atoms with van der Waals surface area (Å²) in [5.41, 5.74) is -0.0592. The second kappa shape index (κ2) is 5.37. The molecule has 0 bridgehead atoms. The van der Waals surface area contributed by atoms with Crippen LogP contribution in [-0.4, -0.2) is 40.8 Å². The molecule has 1 aliphatic heterocycles. The van der Waals surface area contributed by atoms with Crippen LogP contribution in [0.3, 0.4) is 0 Å². The Morgan fingerprint density at radius 1 is 1.50 bits per heavy atom. The van der Waals surface area contributed by atoms with Gasteiger partial charge in [0.25, 0.3) is 0 Å². The van der Waals surface area contributed by atoms with E-state index in [1.165, 1.54) is 6.20 Å². The Morgan fingerprint density at radius 3 is 2.80 bits per heavy atom. The van der Waals surface area contributed by atoms with Crippen LogP contribution in [0.5, 0.6) is 5.75 Å². The highest BCUT2D eigenvalue weighted by Gasteiger charge is 2.35. The van der Waals surface area contributed by atoms with Crippen LogP contribution in [0.15, 0.2) is 18.5 Å². The van der Waals surface area contributed by atoms with Gasteiger partial charge < -0.3 is 14.4 Å². The fourth-order valence-electron chi connectivity index (χ4n) is 1.73. The third kappa shape index (κ3) is 3.38. The van der Waals surface area contributed by atoms with Gasteiger partial charge in [0.15, 0.2) is 5.75 Å². The fourth-order valence-corrected chi connectivity index (χ4v) is 1.73. The van der Waals surface area contributed by atoms with Gasteiger partial charge in [0, 0.05) is 6.20 Å². The first-order valence-corrected chi connectivity index (χ1v) is 6.38. The normalized spacial score (nSPS) is 15.2. The molecule has 1 amide bonds. The van der Waals surface area contributed by atoms with Gasteiger partial charge in [-0.1, -0.05) is 0 Å². The molecule has 0 aromatic carbocycles. The monoisotopic (exact) mass is 275 g/mol. The molecule has 0 saturated carbocycles. The summed E-state index contributed by atoms with van der Waals surface area (Å²) in [6.45, 7) is 6.39. The number of nitriles is 1. The van der Waals surface area contributed by atoms with E-state index in [0.29, 0.717) is 24.4 Å². The van der Waals surface area contributed by atoms with Crippen molar-refractivity contribution in [2.24, 2.45) is 0 Å². The molecule has 2 heterocycles. The molecule has 1 aromatic heterocycles. The number of carbonyl (C=O) groups excluding carboxylic acids is 1. The molecule has 0 spiro atoms. The molecule has 1 aliphatic rings. The first-order valence-electron chi connectivity index (χ1n) is 6.38. The van der Waals surface area contributed by atoms with Crippen molar-refractivity contribution in [3.63, 3.8) is 0 Å². The number of nitrogens with zero attached hydrogens (tertiary/aromatic N) is 3. The minimum absolute atomic E-state index is 0.126. The number of amides is 1. The number of pyridine rings is 1. The molecule has 6 heteroatoms. The predicted octanol–water partition coefficient (Wildman–Crippen LogP) is 1.95. The molecule has 2 rings (SSSR count). The van der Waals surface area contributed by atoms with Crippen molar-refractivity contribution < 1.29 is 14.3 Å². The smallest absolute Gasteiger partial charge is 0.410 e. The number of likely N-dealkylation sites (tertiary alicyclic amines) is 1. The summed E-state index contributed by atoms with van der Waals surface area (Å²) in [4.78, 5) is 17.2. The first-order chi connectivity index (χ1) is 9.39. The first kappa shape index (κ1) is 14.1. The van der Waals surface area contributed by atoms with Gasteiger partial charge in [0.2, 0.25) is 0 Å². The van der Waals surface area contributed by atoms with Crippen LogP contribution in [-0.2, 0) is 4.74 Å². The zero-order chi connectivity index (χ0) is 14.8. The molecule has 20 heavy (non-hydrogen) atoms. The van der Waals surface area contributed by atoms with Gasteiger partial charge in [0.1, 0.15) is 17.8 Å². The van der Waals surface area contributed by atoms with Crippen molar-refractivity contribution in [2.75, 3.05) is 13.1 Å². The molecule has 0 atom stereocenters. The average molecular weight is 275 g/mol. The Balaban J connectivity index is 1.86. The molecular formula is C14H17N3O3. The molecule has 0 aliphatic carbocycles. The van der Waals surface area contributed by atoms with E-state index in [1.54, 1.807) is 17.2 Å². The van der Waals surface area contributed by atoms with Crippen LogP contribution in [0, 0.1) is 11.3 Å². The van der Waals surface area contributed by atoms with Gasteiger partial charge in [-0.25, -0.2) is 4.79 Å². The molecule has 106 valence electrons. The van der Waals surface area contributed by atoms with Gasteiger partial charge in [-0.05, 0) is 26.8 Å². The molecular weight excluding hydrogens is 258 g/mol. The number of rotatable bonds is 2. The Kier molecular flexibility index (Phi) is 3.79. The molecule has 0 unspecified atom stereocenters. The Hall–Kier alpha value is -2.29. The lowest BCUT2D eigenvalue weighted by molar-refractivity contribution is -0.0222. The summed E-state index contributed by atoms with van der Waals surface area (Å²) >= 11 is 0. The van der Waals surface area contributed by atoms with Crippen LogP contribution < -0.4 is 4.74 Å². The van der Waals surface area contributed by atoms with Gasteiger partial charge in [-0.3, -0.25) is 4.98 Å². The highest BCUT2D eigenvalue weighted by molar-refractivity contribution is 5.69. The van der Waals surface area contributed by atoms with Crippen LogP contribution in [0.1, 0.15) is 26.3 Å². The van der Waals surface area contributed by atoms with Crippen molar-refractivity contribution in [3.8, 4) is 11.8 Å². The molecule has 6 nitrogen and oxygen atoms in total. The van der Waals surface area contributed by atoms with E-state index in [0.717, 1.165) is 0 Å². The van der Waals surface area contributed by atoms with E-state index >= 15 is 0 Å². The summed E-state index contributed by atoms with van der Waals surface area (Å²) in [6, 6.07) is 3.64. The molecule has 0 radical (unpaired) electrons. The molecule has 1 aromatic rings. The Bertz CT molecular complexity index is 539. The van der Waals surface area contributed by atoms with Gasteiger partial charge in [-0.2, -0.15) is 5.26 Å². The van der Waals surface area contributed by atoms with Gasteiger partial charge in [-0.15, -0.1) is 0 Å². The Morgan fingerprint density at radius 2 is 2.20 bits per heavy atom. The van der Waals surface area contributed by atoms with Crippen molar-refractivity contribution >= 4 is 6.09 Å². The summed E-state index contributed by atoms with van der Waals surface area (Å²) in [5.74, 6) is 0.448. The minimum atomic E-state index is -0.500. The quantitative estimate of drug-likeness (QED) is 0.824. The summed E-state index contributed by atoms with van der Waals surface area (Å²) < 4.78 is 10.9. The third-order valence-corrected chi connectivity index (χ3v) is 2.70. The summed E-state index contributed by atoms with van der Waals surface area (Å²) in [5, 5.41) is 8.95. The standard InChI is InChI=1S/C14H17N3O3/c1-14(2,3)20-13(18)17-8-11(9-17)19-12-7-16-5-4-10(12)6-15/h4-5,7,11H,8-9H2,1-3H3. The zero-order valence-electron chi connectivity index (χ0n) is 11.8. The number of ether oxygens (including phenoxy) is 2. The lowest BCUT2D eigenvalue weighted by atomic mass is 10.1. The van der Waals surface area contributed by atoms with Crippen molar-refractivity contribution in [1.82, 2.24) is 9.88 Å². The number of aromatic nitrogens is 1. The van der Waals surface area contributed by atoms with Crippen LogP contribution in [0.25, 0.3) is 0 Å². The molecule has 0 N–H and O–H groups in total. The van der Waals surface area contributed by atoms with Crippen LogP contribution >= 0.6 is 0 Å². The SMILES string of the molecule is CC(C)(C)OC(=O)N1CC(Oc2cnccc2C#N)C1. The molecule has 1 saturated heterocycles. The van der Waals surface area contributed by atoms with Gasteiger partial charge >= 0.3 is 6.09 Å². The number of hydrogen-bond acceptors (Lipinski definition) is 5. The highest BCUT2D eigenvalue weighted by Crippen LogP contribution is 2.22. The zero-order valence-corrected chi connectivity index (χ0v) is 11.8. The maximum Gasteiger partial charge on any atom is 0.410 e. The summed E-state index contributed by atoms with van der Waals surface area (Å²) in [7, 11) is 0. The second-order valence-corrected chi connectivity index (χ2v) is 5.61. The van der Waals surface area contributed by atoms with Crippen LogP contribution in [0.2, 0.25) is 0 Å². The van der Waals surface area contributed by atoms with E-state index in [2.05, 4.69) is 4.98 Å². The minimum Gasteiger partial charge on any atom is -0.484 e. The number of hydrogen-bond donors (Lipinski definition) is 0. The summed E-state index contributed by atoms with van der Waals surface area (Å²) in [6.07, 6.45) is 2.58. The van der Waals surface area contributed by atoms with Gasteiger partial charge in [0.05, 0.1) is 24.8 Å². The molecule has 1 fully saturated rings. The average Bonchev–Trinajstić information content (AvgIpc) is 2.31. The highest BCUT2D eigenvalue weighted by atomic mass is 16.6. The lowest BCUT2D eigenvalue weighted by Crippen LogP contribution is -2.57. The van der Waals surface area contributed by atoms with Crippen molar-refractivity contribution in [2.45, 2.75) is 32.5 Å². The fraction of sp³-hybridized carbons (Fsp3) is 0.500. The van der Waals surface area contributed by atoms with E-state index in [1.807, 2.05) is 26.8 Å². The topological polar surface area (TPSA) is 75.4 Å². The third-order valence-electron chi connectivity index (χ3n) is 2.70. The lowest BCUT2D eigenvalue weighted by Gasteiger charge is -2.39. The van der Waals surface area contributed by atoms with E-state index in [9.17, 15) is 4.79 Å². The van der Waals surface area contributed by atoms with E-state index in [4.69, 9.17) is 14.7 Å².